The Kier molecular flexibility index (Phi) is 9.13. The predicted octanol–water partition coefficient (Wildman–Crippen LogP) is 4.97. The SMILES string of the molecule is O=C(NCCOc1ccc2c(c1)CCCC2)c1cc(C(=O)NCCOc2ccc3c(c2)CCCC3)cc([N+](=O)[O-])c1. The number of ether oxygens (including phenoxy) is 2. The summed E-state index contributed by atoms with van der Waals surface area (Å²) in [6, 6.07) is 15.9. The molecule has 0 heterocycles. The molecule has 2 aliphatic carbocycles. The third-order valence-electron chi connectivity index (χ3n) is 7.61. The van der Waals surface area contributed by atoms with E-state index in [-0.39, 0.29) is 43.1 Å². The molecule has 0 atom stereocenters. The molecule has 2 N–H and O–H groups in total. The zero-order valence-electron chi connectivity index (χ0n) is 23.1. The van der Waals surface area contributed by atoms with Crippen LogP contribution in [0.5, 0.6) is 11.5 Å². The molecule has 9 nitrogen and oxygen atoms in total. The van der Waals surface area contributed by atoms with Crippen molar-refractivity contribution < 1.29 is 24.0 Å². The maximum Gasteiger partial charge on any atom is 0.271 e. The standard InChI is InChI=1S/C32H35N3O6/c36-31(33-13-15-40-29-11-9-22-5-1-3-7-24(22)20-29)26-17-27(19-28(18-26)35(38)39)32(37)34-14-16-41-30-12-10-23-6-2-4-8-25(23)21-30/h9-12,17-21H,1-8,13-16H2,(H,33,36)(H,34,37). The highest BCUT2D eigenvalue weighted by molar-refractivity contribution is 6.00. The van der Waals surface area contributed by atoms with E-state index < -0.39 is 16.7 Å². The van der Waals surface area contributed by atoms with Gasteiger partial charge in [0.25, 0.3) is 17.5 Å². The number of nitro benzene ring substituents is 1. The second-order valence-corrected chi connectivity index (χ2v) is 10.5. The molecule has 214 valence electrons. The van der Waals surface area contributed by atoms with Gasteiger partial charge < -0.3 is 20.1 Å². The van der Waals surface area contributed by atoms with E-state index >= 15 is 0 Å². The van der Waals surface area contributed by atoms with Crippen LogP contribution in [0, 0.1) is 10.1 Å². The molecule has 0 unspecified atom stereocenters. The molecular weight excluding hydrogens is 522 g/mol. The number of hydrogen-bond acceptors (Lipinski definition) is 6. The molecule has 2 aliphatic rings. The Morgan fingerprint density at radius 2 is 1.10 bits per heavy atom. The van der Waals surface area contributed by atoms with Crippen LogP contribution in [0.2, 0.25) is 0 Å². The molecule has 0 spiro atoms. The van der Waals surface area contributed by atoms with Gasteiger partial charge in [0.15, 0.2) is 0 Å². The summed E-state index contributed by atoms with van der Waals surface area (Å²) in [5.74, 6) is 0.467. The average Bonchev–Trinajstić information content (AvgIpc) is 3.00. The van der Waals surface area contributed by atoms with E-state index in [0.717, 1.165) is 49.3 Å². The maximum absolute atomic E-state index is 12.8. The van der Waals surface area contributed by atoms with Gasteiger partial charge in [-0.2, -0.15) is 0 Å². The number of aryl methyl sites for hydroxylation is 4. The number of non-ortho nitro benzene ring substituents is 1. The van der Waals surface area contributed by atoms with Crippen molar-refractivity contribution in [1.29, 1.82) is 0 Å². The summed E-state index contributed by atoms with van der Waals surface area (Å²) in [5.41, 5.74) is 5.08. The van der Waals surface area contributed by atoms with Crippen LogP contribution in [0.4, 0.5) is 5.69 Å². The number of rotatable bonds is 11. The fourth-order valence-electron chi connectivity index (χ4n) is 5.45. The Balaban J connectivity index is 1.12. The van der Waals surface area contributed by atoms with Crippen molar-refractivity contribution in [2.75, 3.05) is 26.3 Å². The van der Waals surface area contributed by atoms with Gasteiger partial charge in [0.05, 0.1) is 18.0 Å². The van der Waals surface area contributed by atoms with Crippen molar-refractivity contribution in [3.63, 3.8) is 0 Å². The number of nitrogens with one attached hydrogen (secondary N) is 2. The first-order chi connectivity index (χ1) is 20.0. The number of hydrogen-bond donors (Lipinski definition) is 2. The highest BCUT2D eigenvalue weighted by Gasteiger charge is 2.18. The van der Waals surface area contributed by atoms with E-state index in [4.69, 9.17) is 9.47 Å². The topological polar surface area (TPSA) is 120 Å². The van der Waals surface area contributed by atoms with Gasteiger partial charge in [-0.05, 0) is 104 Å². The molecule has 3 aromatic rings. The summed E-state index contributed by atoms with van der Waals surface area (Å²) in [4.78, 5) is 36.4. The third-order valence-corrected chi connectivity index (χ3v) is 7.61. The number of benzene rings is 3. The van der Waals surface area contributed by atoms with Crippen molar-refractivity contribution in [3.05, 3.63) is 98.1 Å². The lowest BCUT2D eigenvalue weighted by atomic mass is 9.92. The van der Waals surface area contributed by atoms with Gasteiger partial charge in [0.2, 0.25) is 0 Å². The highest BCUT2D eigenvalue weighted by Crippen LogP contribution is 2.26. The molecule has 9 heteroatoms. The summed E-state index contributed by atoms with van der Waals surface area (Å²) >= 11 is 0. The Hall–Kier alpha value is -4.40. The summed E-state index contributed by atoms with van der Waals surface area (Å²) in [7, 11) is 0. The third kappa shape index (κ3) is 7.42. The Labute approximate surface area is 239 Å². The van der Waals surface area contributed by atoms with Crippen LogP contribution in [0.3, 0.4) is 0 Å². The average molecular weight is 558 g/mol. The molecule has 0 saturated carbocycles. The molecule has 0 saturated heterocycles. The lowest BCUT2D eigenvalue weighted by Crippen LogP contribution is -2.30. The smallest absolute Gasteiger partial charge is 0.271 e. The fourth-order valence-corrected chi connectivity index (χ4v) is 5.45. The van der Waals surface area contributed by atoms with Crippen LogP contribution in [0.25, 0.3) is 0 Å². The van der Waals surface area contributed by atoms with Crippen LogP contribution in [-0.4, -0.2) is 43.0 Å². The van der Waals surface area contributed by atoms with Gasteiger partial charge in [-0.1, -0.05) is 12.1 Å². The number of nitrogens with zero attached hydrogens (tertiary/aromatic N) is 1. The van der Waals surface area contributed by atoms with Crippen molar-refractivity contribution in [2.24, 2.45) is 0 Å². The van der Waals surface area contributed by atoms with Crippen LogP contribution < -0.4 is 20.1 Å². The van der Waals surface area contributed by atoms with Crippen molar-refractivity contribution in [3.8, 4) is 11.5 Å². The first kappa shape index (κ1) is 28.1. The van der Waals surface area contributed by atoms with Crippen LogP contribution in [0.1, 0.15) is 68.7 Å². The number of nitro groups is 1. The van der Waals surface area contributed by atoms with Gasteiger partial charge in [-0.3, -0.25) is 19.7 Å². The molecule has 5 rings (SSSR count). The van der Waals surface area contributed by atoms with Gasteiger partial charge in [-0.15, -0.1) is 0 Å². The fraction of sp³-hybridized carbons (Fsp3) is 0.375. The molecular formula is C32H35N3O6. The normalized spacial score (nSPS) is 13.9. The molecule has 41 heavy (non-hydrogen) atoms. The molecule has 0 aliphatic heterocycles. The second kappa shape index (κ2) is 13.3. The maximum atomic E-state index is 12.8. The van der Waals surface area contributed by atoms with E-state index in [1.54, 1.807) is 0 Å². The minimum atomic E-state index is -0.619. The summed E-state index contributed by atoms with van der Waals surface area (Å²) in [6.45, 7) is 0.911. The van der Waals surface area contributed by atoms with Crippen LogP contribution in [0.15, 0.2) is 54.6 Å². The molecule has 0 fully saturated rings. The molecule has 0 radical (unpaired) electrons. The van der Waals surface area contributed by atoms with E-state index in [9.17, 15) is 19.7 Å². The molecule has 3 aromatic carbocycles. The summed E-state index contributed by atoms with van der Waals surface area (Å²) in [6.07, 6.45) is 9.07. The zero-order chi connectivity index (χ0) is 28.6. The molecule has 0 aromatic heterocycles. The molecule has 0 bridgehead atoms. The first-order valence-corrected chi connectivity index (χ1v) is 14.3. The van der Waals surface area contributed by atoms with Crippen LogP contribution >= 0.6 is 0 Å². The minimum absolute atomic E-state index is 0.0310. The largest absolute Gasteiger partial charge is 0.492 e. The van der Waals surface area contributed by atoms with E-state index in [1.807, 2.05) is 12.1 Å². The zero-order valence-corrected chi connectivity index (χ0v) is 23.1. The molecule has 2 amide bonds. The summed E-state index contributed by atoms with van der Waals surface area (Å²) < 4.78 is 11.6. The highest BCUT2D eigenvalue weighted by atomic mass is 16.6. The van der Waals surface area contributed by atoms with Crippen LogP contribution in [-0.2, 0) is 25.7 Å². The number of fused-ring (bicyclic) bond motifs is 2. The van der Waals surface area contributed by atoms with Gasteiger partial charge in [0, 0.05) is 23.3 Å². The van der Waals surface area contributed by atoms with E-state index in [2.05, 4.69) is 34.9 Å². The number of amides is 2. The van der Waals surface area contributed by atoms with Gasteiger partial charge >= 0.3 is 0 Å². The van der Waals surface area contributed by atoms with E-state index in [0.29, 0.717) is 0 Å². The summed E-state index contributed by atoms with van der Waals surface area (Å²) in [5, 5.41) is 16.9. The first-order valence-electron chi connectivity index (χ1n) is 14.3. The van der Waals surface area contributed by atoms with E-state index in [1.165, 1.54) is 54.0 Å². The lowest BCUT2D eigenvalue weighted by Gasteiger charge is -2.17. The van der Waals surface area contributed by atoms with Crippen molar-refractivity contribution >= 4 is 17.5 Å². The lowest BCUT2D eigenvalue weighted by molar-refractivity contribution is -0.384. The second-order valence-electron chi connectivity index (χ2n) is 10.5. The van der Waals surface area contributed by atoms with Gasteiger partial charge in [-0.25, -0.2) is 0 Å². The number of carbonyl (C=O) groups is 2. The Bertz CT molecular complexity index is 1340. The quantitative estimate of drug-likeness (QED) is 0.195. The van der Waals surface area contributed by atoms with Gasteiger partial charge in [0.1, 0.15) is 24.7 Å². The van der Waals surface area contributed by atoms with Crippen molar-refractivity contribution in [1.82, 2.24) is 10.6 Å². The minimum Gasteiger partial charge on any atom is -0.492 e. The van der Waals surface area contributed by atoms with Crippen molar-refractivity contribution in [2.45, 2.75) is 51.4 Å². The Morgan fingerprint density at radius 3 is 1.54 bits per heavy atom. The predicted molar refractivity (Wildman–Crippen MR) is 155 cm³/mol. The monoisotopic (exact) mass is 557 g/mol. The Morgan fingerprint density at radius 1 is 0.659 bits per heavy atom. The number of carbonyl (C=O) groups excluding carboxylic acids is 2.